The van der Waals surface area contributed by atoms with Gasteiger partial charge in [-0.15, -0.1) is 0 Å². The van der Waals surface area contributed by atoms with Crippen molar-refractivity contribution >= 4 is 11.7 Å². The molecular weight excluding hydrogens is 178 g/mol. The molecule has 2 heterocycles. The molecule has 14 heavy (non-hydrogen) atoms. The number of nitrogens with zero attached hydrogens (tertiary/aromatic N) is 2. The second kappa shape index (κ2) is 4.09. The molecule has 4 nitrogen and oxygen atoms in total. The lowest BCUT2D eigenvalue weighted by Crippen LogP contribution is -2.36. The monoisotopic (exact) mass is 195 g/mol. The van der Waals surface area contributed by atoms with Gasteiger partial charge in [-0.1, -0.05) is 6.92 Å². The lowest BCUT2D eigenvalue weighted by Gasteiger charge is -2.13. The van der Waals surface area contributed by atoms with E-state index in [1.807, 2.05) is 6.92 Å². The quantitative estimate of drug-likeness (QED) is 0.708. The SMILES string of the molecule is CCC1N=C(CN2CCCC2)NC1=O. The van der Waals surface area contributed by atoms with E-state index in [-0.39, 0.29) is 11.9 Å². The van der Waals surface area contributed by atoms with Crippen molar-refractivity contribution in [3.05, 3.63) is 0 Å². The molecule has 0 aromatic carbocycles. The van der Waals surface area contributed by atoms with Crippen LogP contribution in [0.4, 0.5) is 0 Å². The van der Waals surface area contributed by atoms with Crippen molar-refractivity contribution in [3.8, 4) is 0 Å². The van der Waals surface area contributed by atoms with Gasteiger partial charge in [0.25, 0.3) is 0 Å². The second-order valence-corrected chi connectivity index (χ2v) is 3.97. The molecule has 0 aromatic heterocycles. The highest BCUT2D eigenvalue weighted by Gasteiger charge is 2.25. The van der Waals surface area contributed by atoms with E-state index in [0.717, 1.165) is 31.9 Å². The Morgan fingerprint density at radius 1 is 1.50 bits per heavy atom. The molecule has 0 spiro atoms. The van der Waals surface area contributed by atoms with Gasteiger partial charge in [0.05, 0.1) is 6.54 Å². The zero-order valence-electron chi connectivity index (χ0n) is 8.62. The standard InChI is InChI=1S/C10H17N3O/c1-2-8-10(14)12-9(11-8)7-13-5-3-4-6-13/h8H,2-7H2,1H3,(H,11,12,14). The zero-order chi connectivity index (χ0) is 9.97. The Kier molecular flexibility index (Phi) is 2.82. The van der Waals surface area contributed by atoms with E-state index >= 15 is 0 Å². The smallest absolute Gasteiger partial charge is 0.250 e. The highest BCUT2D eigenvalue weighted by molar-refractivity contribution is 6.06. The molecule has 78 valence electrons. The zero-order valence-corrected chi connectivity index (χ0v) is 8.62. The molecule has 1 atom stereocenters. The molecule has 4 heteroatoms. The van der Waals surface area contributed by atoms with Crippen molar-refractivity contribution in [1.82, 2.24) is 10.2 Å². The number of likely N-dealkylation sites (tertiary alicyclic amines) is 1. The number of amides is 1. The lowest BCUT2D eigenvalue weighted by atomic mass is 10.2. The topological polar surface area (TPSA) is 44.7 Å². The minimum absolute atomic E-state index is 0.0710. The van der Waals surface area contributed by atoms with Crippen LogP contribution in [0.1, 0.15) is 26.2 Å². The summed E-state index contributed by atoms with van der Waals surface area (Å²) in [5.74, 6) is 0.936. The average Bonchev–Trinajstić information content (AvgIpc) is 2.76. The minimum Gasteiger partial charge on any atom is -0.312 e. The van der Waals surface area contributed by atoms with Crippen LogP contribution < -0.4 is 5.32 Å². The van der Waals surface area contributed by atoms with Gasteiger partial charge in [0.1, 0.15) is 11.9 Å². The van der Waals surface area contributed by atoms with Crippen LogP contribution in [0.3, 0.4) is 0 Å². The Morgan fingerprint density at radius 3 is 2.79 bits per heavy atom. The number of aliphatic imine (C=N–C) groups is 1. The number of carbonyl (C=O) groups excluding carboxylic acids is 1. The molecule has 1 saturated heterocycles. The highest BCUT2D eigenvalue weighted by atomic mass is 16.2. The van der Waals surface area contributed by atoms with E-state index in [1.54, 1.807) is 0 Å². The number of amidine groups is 1. The molecule has 2 aliphatic rings. The van der Waals surface area contributed by atoms with Gasteiger partial charge in [-0.2, -0.15) is 0 Å². The molecule has 2 rings (SSSR count). The van der Waals surface area contributed by atoms with E-state index in [1.165, 1.54) is 12.8 Å². The first kappa shape index (κ1) is 9.65. The van der Waals surface area contributed by atoms with Gasteiger partial charge >= 0.3 is 0 Å². The van der Waals surface area contributed by atoms with Gasteiger partial charge in [0.15, 0.2) is 0 Å². The van der Waals surface area contributed by atoms with E-state index < -0.39 is 0 Å². The molecule has 1 amide bonds. The van der Waals surface area contributed by atoms with Gasteiger partial charge in [-0.3, -0.25) is 14.7 Å². The van der Waals surface area contributed by atoms with Crippen LogP contribution in [0, 0.1) is 0 Å². The summed E-state index contributed by atoms with van der Waals surface area (Å²) in [6.07, 6.45) is 3.35. The number of hydrogen-bond acceptors (Lipinski definition) is 3. The lowest BCUT2D eigenvalue weighted by molar-refractivity contribution is -0.120. The molecule has 1 unspecified atom stereocenters. The normalized spacial score (nSPS) is 27.9. The molecule has 1 N–H and O–H groups in total. The average molecular weight is 195 g/mol. The molecule has 0 radical (unpaired) electrons. The van der Waals surface area contributed by atoms with Crippen LogP contribution in [0.25, 0.3) is 0 Å². The maximum atomic E-state index is 11.3. The minimum atomic E-state index is -0.132. The fraction of sp³-hybridized carbons (Fsp3) is 0.800. The van der Waals surface area contributed by atoms with Gasteiger partial charge in [0.2, 0.25) is 5.91 Å². The molecule has 0 aromatic rings. The van der Waals surface area contributed by atoms with E-state index in [2.05, 4.69) is 15.2 Å². The molecule has 0 aliphatic carbocycles. The number of rotatable bonds is 3. The van der Waals surface area contributed by atoms with Gasteiger partial charge in [-0.25, -0.2) is 0 Å². The Hall–Kier alpha value is -0.900. The van der Waals surface area contributed by atoms with Gasteiger partial charge in [0, 0.05) is 0 Å². The summed E-state index contributed by atoms with van der Waals surface area (Å²) in [4.78, 5) is 18.1. The fourth-order valence-electron chi connectivity index (χ4n) is 2.01. The van der Waals surface area contributed by atoms with Crippen molar-refractivity contribution in [1.29, 1.82) is 0 Å². The first-order chi connectivity index (χ1) is 6.79. The molecule has 0 saturated carbocycles. The number of hydrogen-bond donors (Lipinski definition) is 1. The Morgan fingerprint density at radius 2 is 2.21 bits per heavy atom. The summed E-state index contributed by atoms with van der Waals surface area (Å²) in [6.45, 7) is 5.10. The third-order valence-corrected chi connectivity index (χ3v) is 2.84. The van der Waals surface area contributed by atoms with Crippen molar-refractivity contribution in [2.45, 2.75) is 32.2 Å². The summed E-state index contributed by atoms with van der Waals surface area (Å²) in [5, 5.41) is 2.85. The first-order valence-electron chi connectivity index (χ1n) is 5.39. The Balaban J connectivity index is 1.89. The third-order valence-electron chi connectivity index (χ3n) is 2.84. The van der Waals surface area contributed by atoms with Crippen LogP contribution >= 0.6 is 0 Å². The van der Waals surface area contributed by atoms with Crippen LogP contribution in [0.5, 0.6) is 0 Å². The van der Waals surface area contributed by atoms with E-state index in [9.17, 15) is 4.79 Å². The van der Waals surface area contributed by atoms with Crippen LogP contribution in [-0.2, 0) is 4.79 Å². The largest absolute Gasteiger partial charge is 0.312 e. The second-order valence-electron chi connectivity index (χ2n) is 3.97. The molecule has 1 fully saturated rings. The van der Waals surface area contributed by atoms with Gasteiger partial charge < -0.3 is 5.32 Å². The van der Waals surface area contributed by atoms with Crippen molar-refractivity contribution < 1.29 is 4.79 Å². The fourth-order valence-corrected chi connectivity index (χ4v) is 2.01. The highest BCUT2D eigenvalue weighted by Crippen LogP contribution is 2.09. The van der Waals surface area contributed by atoms with E-state index in [0.29, 0.717) is 0 Å². The summed E-state index contributed by atoms with van der Waals surface area (Å²) >= 11 is 0. The molecule has 2 aliphatic heterocycles. The summed E-state index contributed by atoms with van der Waals surface area (Å²) in [6, 6.07) is -0.132. The molecule has 0 bridgehead atoms. The van der Waals surface area contributed by atoms with Crippen LogP contribution in [0.15, 0.2) is 4.99 Å². The van der Waals surface area contributed by atoms with Gasteiger partial charge in [-0.05, 0) is 32.4 Å². The first-order valence-corrected chi connectivity index (χ1v) is 5.39. The van der Waals surface area contributed by atoms with Crippen molar-refractivity contribution in [2.75, 3.05) is 19.6 Å². The van der Waals surface area contributed by atoms with Crippen LogP contribution in [0.2, 0.25) is 0 Å². The van der Waals surface area contributed by atoms with Crippen molar-refractivity contribution in [2.24, 2.45) is 4.99 Å². The Labute approximate surface area is 84.4 Å². The number of nitrogens with one attached hydrogen (secondary N) is 1. The summed E-state index contributed by atoms with van der Waals surface area (Å²) < 4.78 is 0. The number of carbonyl (C=O) groups is 1. The summed E-state index contributed by atoms with van der Waals surface area (Å²) in [7, 11) is 0. The van der Waals surface area contributed by atoms with E-state index in [4.69, 9.17) is 0 Å². The summed E-state index contributed by atoms with van der Waals surface area (Å²) in [5.41, 5.74) is 0. The third kappa shape index (κ3) is 1.95. The predicted molar refractivity (Wildman–Crippen MR) is 55.3 cm³/mol. The Bertz CT molecular complexity index is 256. The van der Waals surface area contributed by atoms with Crippen molar-refractivity contribution in [3.63, 3.8) is 0 Å². The molecular formula is C10H17N3O. The predicted octanol–water partition coefficient (Wildman–Crippen LogP) is 0.389. The maximum absolute atomic E-state index is 11.3. The van der Waals surface area contributed by atoms with Crippen LogP contribution in [-0.4, -0.2) is 42.3 Å². The maximum Gasteiger partial charge on any atom is 0.250 e.